The molecule has 0 bridgehead atoms. The highest BCUT2D eigenvalue weighted by molar-refractivity contribution is 5.32. The van der Waals surface area contributed by atoms with E-state index in [4.69, 9.17) is 9.90 Å². The molecule has 1 N–H and O–H groups in total. The number of unbranched alkanes of at least 4 members (excludes halogenated alkanes) is 2. The van der Waals surface area contributed by atoms with Gasteiger partial charge in [-0.2, -0.15) is 0 Å². The van der Waals surface area contributed by atoms with Crippen LogP contribution in [0.25, 0.3) is 0 Å². The number of rotatable bonds is 4. The van der Waals surface area contributed by atoms with Crippen LogP contribution in [0.15, 0.2) is 24.4 Å². The number of hydrogen-bond acceptors (Lipinski definition) is 2. The quantitative estimate of drug-likeness (QED) is 0.593. The summed E-state index contributed by atoms with van der Waals surface area (Å²) < 4.78 is 0. The van der Waals surface area contributed by atoms with Gasteiger partial charge in [0.15, 0.2) is 0 Å². The van der Waals surface area contributed by atoms with Gasteiger partial charge in [-0.05, 0) is 25.0 Å². The van der Waals surface area contributed by atoms with Gasteiger partial charge in [-0.3, -0.25) is 9.78 Å². The van der Waals surface area contributed by atoms with Crippen LogP contribution in [0.3, 0.4) is 0 Å². The van der Waals surface area contributed by atoms with Gasteiger partial charge in [0.05, 0.1) is 0 Å². The molecule has 1 heterocycles. The van der Waals surface area contributed by atoms with Crippen molar-refractivity contribution in [2.75, 3.05) is 0 Å². The molecule has 3 nitrogen and oxygen atoms in total. The Morgan fingerprint density at radius 1 is 1.43 bits per heavy atom. The normalized spacial score (nSPS) is 8.64. The zero-order valence-electron chi connectivity index (χ0n) is 8.52. The van der Waals surface area contributed by atoms with E-state index < -0.39 is 0 Å². The lowest BCUT2D eigenvalue weighted by atomic mass is 10.1. The molecule has 0 unspecified atom stereocenters. The fraction of sp³-hybridized carbons (Fsp3) is 0.455. The average molecular weight is 195 g/mol. The van der Waals surface area contributed by atoms with Gasteiger partial charge in [0.2, 0.25) is 0 Å². The third-order valence-corrected chi connectivity index (χ3v) is 1.76. The molecule has 3 heteroatoms. The number of pyridine rings is 1. The Morgan fingerprint density at radius 3 is 2.64 bits per heavy atom. The van der Waals surface area contributed by atoms with E-state index in [1.54, 1.807) is 0 Å². The van der Waals surface area contributed by atoms with Crippen LogP contribution in [0.5, 0.6) is 0 Å². The van der Waals surface area contributed by atoms with Gasteiger partial charge in [0.1, 0.15) is 0 Å². The van der Waals surface area contributed by atoms with Crippen molar-refractivity contribution < 1.29 is 9.90 Å². The topological polar surface area (TPSA) is 50.2 Å². The number of nitrogens with zero attached hydrogens (tertiary/aromatic N) is 1. The SMILES string of the molecule is CCCCCc1ccccn1.O=CO. The molecule has 0 radical (unpaired) electrons. The van der Waals surface area contributed by atoms with Crippen molar-refractivity contribution in [1.82, 2.24) is 4.98 Å². The van der Waals surface area contributed by atoms with Crippen LogP contribution < -0.4 is 0 Å². The van der Waals surface area contributed by atoms with Crippen LogP contribution in [-0.4, -0.2) is 16.6 Å². The summed E-state index contributed by atoms with van der Waals surface area (Å²) in [5.41, 5.74) is 1.22. The number of aromatic nitrogens is 1. The molecule has 0 aromatic carbocycles. The first-order valence-corrected chi connectivity index (χ1v) is 4.83. The van der Waals surface area contributed by atoms with E-state index in [0.717, 1.165) is 6.42 Å². The Hall–Kier alpha value is -1.38. The first-order valence-electron chi connectivity index (χ1n) is 4.83. The number of aryl methyl sites for hydroxylation is 1. The van der Waals surface area contributed by atoms with Crippen molar-refractivity contribution >= 4 is 6.47 Å². The largest absolute Gasteiger partial charge is 0.483 e. The van der Waals surface area contributed by atoms with Crippen molar-refractivity contribution in [3.8, 4) is 0 Å². The molecule has 78 valence electrons. The molecule has 0 spiro atoms. The third-order valence-electron chi connectivity index (χ3n) is 1.76. The summed E-state index contributed by atoms with van der Waals surface area (Å²) in [5, 5.41) is 6.89. The predicted octanol–water partition coefficient (Wildman–Crippen LogP) is 2.52. The Labute approximate surface area is 84.8 Å². The van der Waals surface area contributed by atoms with Crippen molar-refractivity contribution in [2.45, 2.75) is 32.6 Å². The maximum atomic E-state index is 8.36. The molecule has 14 heavy (non-hydrogen) atoms. The maximum Gasteiger partial charge on any atom is 0.290 e. The van der Waals surface area contributed by atoms with Gasteiger partial charge in [-0.1, -0.05) is 25.8 Å². The molecular formula is C11H17NO2. The van der Waals surface area contributed by atoms with Crippen molar-refractivity contribution in [3.63, 3.8) is 0 Å². The first-order chi connectivity index (χ1) is 6.85. The van der Waals surface area contributed by atoms with Crippen molar-refractivity contribution in [3.05, 3.63) is 30.1 Å². The molecule has 0 aliphatic heterocycles. The first kappa shape index (κ1) is 12.6. The Bertz CT molecular complexity index is 224. The molecule has 0 atom stereocenters. The maximum absolute atomic E-state index is 8.36. The molecule has 0 saturated carbocycles. The van der Waals surface area contributed by atoms with E-state index in [2.05, 4.69) is 18.0 Å². The zero-order valence-corrected chi connectivity index (χ0v) is 8.52. The monoisotopic (exact) mass is 195 g/mol. The van der Waals surface area contributed by atoms with Crippen LogP contribution in [0.1, 0.15) is 31.9 Å². The fourth-order valence-corrected chi connectivity index (χ4v) is 1.10. The van der Waals surface area contributed by atoms with Crippen LogP contribution in [0.2, 0.25) is 0 Å². The smallest absolute Gasteiger partial charge is 0.290 e. The second-order valence-electron chi connectivity index (χ2n) is 2.88. The zero-order chi connectivity index (χ0) is 10.6. The van der Waals surface area contributed by atoms with Crippen LogP contribution in [0.4, 0.5) is 0 Å². The minimum absolute atomic E-state index is 0.250. The van der Waals surface area contributed by atoms with Crippen LogP contribution in [-0.2, 0) is 11.2 Å². The van der Waals surface area contributed by atoms with Gasteiger partial charge in [-0.25, -0.2) is 0 Å². The summed E-state index contributed by atoms with van der Waals surface area (Å²) >= 11 is 0. The molecule has 0 amide bonds. The molecule has 1 rings (SSSR count). The third kappa shape index (κ3) is 7.28. The lowest BCUT2D eigenvalue weighted by Gasteiger charge is -1.97. The second kappa shape index (κ2) is 9.71. The van der Waals surface area contributed by atoms with Gasteiger partial charge in [0.25, 0.3) is 6.47 Å². The number of carboxylic acid groups (broad SMARTS) is 1. The Morgan fingerprint density at radius 2 is 2.14 bits per heavy atom. The molecule has 0 saturated heterocycles. The van der Waals surface area contributed by atoms with Gasteiger partial charge >= 0.3 is 0 Å². The highest BCUT2D eigenvalue weighted by atomic mass is 16.3. The summed E-state index contributed by atoms with van der Waals surface area (Å²) in [7, 11) is 0. The van der Waals surface area contributed by atoms with Crippen molar-refractivity contribution in [2.24, 2.45) is 0 Å². The van der Waals surface area contributed by atoms with E-state index in [0.29, 0.717) is 0 Å². The highest BCUT2D eigenvalue weighted by Gasteiger charge is 1.90. The minimum Gasteiger partial charge on any atom is -0.483 e. The fourth-order valence-electron chi connectivity index (χ4n) is 1.10. The van der Waals surface area contributed by atoms with E-state index >= 15 is 0 Å². The number of hydrogen-bond donors (Lipinski definition) is 1. The number of carbonyl (C=O) groups is 1. The molecule has 1 aromatic heterocycles. The average Bonchev–Trinajstić information content (AvgIpc) is 2.21. The lowest BCUT2D eigenvalue weighted by molar-refractivity contribution is -0.122. The van der Waals surface area contributed by atoms with Crippen LogP contribution >= 0.6 is 0 Å². The van der Waals surface area contributed by atoms with E-state index in [1.807, 2.05) is 18.3 Å². The highest BCUT2D eigenvalue weighted by Crippen LogP contribution is 2.02. The summed E-state index contributed by atoms with van der Waals surface area (Å²) in [6.07, 6.45) is 6.87. The molecule has 0 aliphatic carbocycles. The predicted molar refractivity (Wildman–Crippen MR) is 56.2 cm³/mol. The van der Waals surface area contributed by atoms with Gasteiger partial charge in [0, 0.05) is 11.9 Å². The van der Waals surface area contributed by atoms with Crippen molar-refractivity contribution in [1.29, 1.82) is 0 Å². The molecule has 0 aliphatic rings. The van der Waals surface area contributed by atoms with Gasteiger partial charge in [-0.15, -0.1) is 0 Å². The molecule has 1 aromatic rings. The molecular weight excluding hydrogens is 178 g/mol. The summed E-state index contributed by atoms with van der Waals surface area (Å²) in [5.74, 6) is 0. The Kier molecular flexibility index (Phi) is 8.75. The van der Waals surface area contributed by atoms with E-state index in [1.165, 1.54) is 25.0 Å². The molecule has 0 fully saturated rings. The summed E-state index contributed by atoms with van der Waals surface area (Å²) in [6.45, 7) is 1.97. The van der Waals surface area contributed by atoms with Gasteiger partial charge < -0.3 is 5.11 Å². The lowest BCUT2D eigenvalue weighted by Crippen LogP contribution is -1.87. The second-order valence-corrected chi connectivity index (χ2v) is 2.88. The van der Waals surface area contributed by atoms with Crippen LogP contribution in [0, 0.1) is 0 Å². The standard InChI is InChI=1S/C10H15N.CH2O2/c1-2-3-4-7-10-8-5-6-9-11-10;2-1-3/h5-6,8-9H,2-4,7H2,1H3;1H,(H,2,3). The van der Waals surface area contributed by atoms with E-state index in [9.17, 15) is 0 Å². The van der Waals surface area contributed by atoms with E-state index in [-0.39, 0.29) is 6.47 Å². The Balaban J connectivity index is 0.000000500. The minimum atomic E-state index is -0.250. The summed E-state index contributed by atoms with van der Waals surface area (Å²) in [4.78, 5) is 12.6. The summed E-state index contributed by atoms with van der Waals surface area (Å²) in [6, 6.07) is 6.10.